The molecule has 1 aromatic heterocycles. The number of nitrogens with one attached hydrogen (secondary N) is 2. The zero-order chi connectivity index (χ0) is 13.8. The Morgan fingerprint density at radius 1 is 1.28 bits per heavy atom. The van der Waals surface area contributed by atoms with E-state index < -0.39 is 15.3 Å². The van der Waals surface area contributed by atoms with Crippen molar-refractivity contribution in [2.45, 2.75) is 45.0 Å². The van der Waals surface area contributed by atoms with Crippen LogP contribution in [0.25, 0.3) is 0 Å². The summed E-state index contributed by atoms with van der Waals surface area (Å²) >= 11 is 1.56. The van der Waals surface area contributed by atoms with E-state index in [0.717, 1.165) is 4.88 Å². The Balaban J connectivity index is 2.58. The van der Waals surface area contributed by atoms with Gasteiger partial charge in [-0.1, -0.05) is 19.9 Å². The summed E-state index contributed by atoms with van der Waals surface area (Å²) in [6, 6.07) is 3.98. The first-order chi connectivity index (χ1) is 8.33. The van der Waals surface area contributed by atoms with Crippen molar-refractivity contribution in [3.63, 3.8) is 0 Å². The minimum Gasteiger partial charge on any atom is -0.313 e. The van der Waals surface area contributed by atoms with Crippen LogP contribution in [0.15, 0.2) is 17.5 Å². The number of hydrogen-bond donors (Lipinski definition) is 2. The highest BCUT2D eigenvalue weighted by molar-refractivity contribution is 7.90. The van der Waals surface area contributed by atoms with Gasteiger partial charge in [-0.25, -0.2) is 13.1 Å². The average molecular weight is 290 g/mol. The number of hydrogen-bond acceptors (Lipinski definition) is 4. The van der Waals surface area contributed by atoms with Crippen molar-refractivity contribution in [3.8, 4) is 0 Å². The lowest BCUT2D eigenvalue weighted by Crippen LogP contribution is -2.41. The molecule has 0 aliphatic carbocycles. The minimum absolute atomic E-state index is 0.170. The van der Waals surface area contributed by atoms with Gasteiger partial charge in [0.2, 0.25) is 10.0 Å². The molecule has 1 aromatic rings. The van der Waals surface area contributed by atoms with Crippen molar-refractivity contribution < 1.29 is 8.42 Å². The van der Waals surface area contributed by atoms with Crippen LogP contribution in [0.3, 0.4) is 0 Å². The second-order valence-corrected chi connectivity index (χ2v) is 7.88. The fourth-order valence-electron chi connectivity index (χ4n) is 1.47. The molecule has 4 nitrogen and oxygen atoms in total. The molecule has 0 amide bonds. The molecule has 0 aliphatic heterocycles. The molecule has 0 aliphatic rings. The molecule has 1 heterocycles. The highest BCUT2D eigenvalue weighted by atomic mass is 32.2. The lowest BCUT2D eigenvalue weighted by Gasteiger charge is -2.19. The Labute approximate surface area is 114 Å². The van der Waals surface area contributed by atoms with E-state index in [1.54, 1.807) is 18.3 Å². The molecule has 2 N–H and O–H groups in total. The molecule has 0 spiro atoms. The quantitative estimate of drug-likeness (QED) is 0.808. The van der Waals surface area contributed by atoms with Crippen LogP contribution in [-0.2, 0) is 10.0 Å². The molecule has 2 atom stereocenters. The zero-order valence-electron chi connectivity index (χ0n) is 11.3. The molecular weight excluding hydrogens is 268 g/mol. The normalized spacial score (nSPS) is 15.8. The maximum atomic E-state index is 12.1. The van der Waals surface area contributed by atoms with E-state index in [1.807, 2.05) is 38.3 Å². The lowest BCUT2D eigenvalue weighted by molar-refractivity contribution is 0.532. The van der Waals surface area contributed by atoms with Crippen LogP contribution in [0.4, 0.5) is 0 Å². The Bertz CT molecular complexity index is 441. The third-order valence-electron chi connectivity index (χ3n) is 2.65. The van der Waals surface area contributed by atoms with E-state index in [1.165, 1.54) is 0 Å². The molecule has 1 rings (SSSR count). The van der Waals surface area contributed by atoms with E-state index in [4.69, 9.17) is 0 Å². The SMILES string of the molecule is CC(C)NCC(C)S(=O)(=O)NC(C)c1cccs1. The van der Waals surface area contributed by atoms with Crippen LogP contribution >= 0.6 is 11.3 Å². The van der Waals surface area contributed by atoms with Crippen LogP contribution in [0, 0.1) is 0 Å². The summed E-state index contributed by atoms with van der Waals surface area (Å²) in [5, 5.41) is 4.65. The predicted molar refractivity (Wildman–Crippen MR) is 77.4 cm³/mol. The van der Waals surface area contributed by atoms with Crippen LogP contribution in [0.5, 0.6) is 0 Å². The van der Waals surface area contributed by atoms with Crippen molar-refractivity contribution in [1.82, 2.24) is 10.0 Å². The van der Waals surface area contributed by atoms with Gasteiger partial charge in [0, 0.05) is 17.5 Å². The summed E-state index contributed by atoms with van der Waals surface area (Å²) < 4.78 is 26.9. The Morgan fingerprint density at radius 3 is 2.44 bits per heavy atom. The smallest absolute Gasteiger partial charge is 0.216 e. The number of sulfonamides is 1. The summed E-state index contributed by atoms with van der Waals surface area (Å²) in [6.07, 6.45) is 0. The number of rotatable bonds is 7. The van der Waals surface area contributed by atoms with Crippen LogP contribution < -0.4 is 10.0 Å². The molecule has 18 heavy (non-hydrogen) atoms. The first-order valence-corrected chi connectivity index (χ1v) is 8.53. The van der Waals surface area contributed by atoms with E-state index in [-0.39, 0.29) is 12.1 Å². The second-order valence-electron chi connectivity index (χ2n) is 4.77. The number of thiophene rings is 1. The standard InChI is InChI=1S/C12H22N2O2S2/c1-9(2)13-8-10(3)18(15,16)14-11(4)12-6-5-7-17-12/h5-7,9-11,13-14H,8H2,1-4H3. The molecule has 0 saturated carbocycles. The summed E-state index contributed by atoms with van der Waals surface area (Å²) in [5.74, 6) is 0. The van der Waals surface area contributed by atoms with Crippen molar-refractivity contribution >= 4 is 21.4 Å². The first kappa shape index (κ1) is 15.6. The maximum Gasteiger partial charge on any atom is 0.216 e. The molecule has 0 aromatic carbocycles. The summed E-state index contributed by atoms with van der Waals surface area (Å²) in [4.78, 5) is 1.03. The van der Waals surface area contributed by atoms with Crippen LogP contribution in [0.1, 0.15) is 38.6 Å². The van der Waals surface area contributed by atoms with Gasteiger partial charge in [-0.2, -0.15) is 0 Å². The van der Waals surface area contributed by atoms with Gasteiger partial charge >= 0.3 is 0 Å². The maximum absolute atomic E-state index is 12.1. The third kappa shape index (κ3) is 4.68. The van der Waals surface area contributed by atoms with Gasteiger partial charge in [0.25, 0.3) is 0 Å². The summed E-state index contributed by atoms with van der Waals surface area (Å²) in [6.45, 7) is 8.05. The van der Waals surface area contributed by atoms with E-state index in [0.29, 0.717) is 6.54 Å². The van der Waals surface area contributed by atoms with Crippen molar-refractivity contribution in [2.24, 2.45) is 0 Å². The van der Waals surface area contributed by atoms with Gasteiger partial charge in [-0.3, -0.25) is 0 Å². The first-order valence-electron chi connectivity index (χ1n) is 6.11. The molecule has 0 saturated heterocycles. The lowest BCUT2D eigenvalue weighted by atomic mass is 10.3. The molecule has 2 unspecified atom stereocenters. The molecule has 104 valence electrons. The largest absolute Gasteiger partial charge is 0.313 e. The summed E-state index contributed by atoms with van der Waals surface area (Å²) in [7, 11) is -3.29. The van der Waals surface area contributed by atoms with Crippen molar-refractivity contribution in [2.75, 3.05) is 6.54 Å². The summed E-state index contributed by atoms with van der Waals surface area (Å²) in [5.41, 5.74) is 0. The fourth-order valence-corrected chi connectivity index (χ4v) is 3.45. The highest BCUT2D eigenvalue weighted by Gasteiger charge is 2.23. The average Bonchev–Trinajstić information content (AvgIpc) is 2.78. The van der Waals surface area contributed by atoms with Crippen LogP contribution in [-0.4, -0.2) is 26.3 Å². The van der Waals surface area contributed by atoms with Gasteiger partial charge in [-0.15, -0.1) is 11.3 Å². The van der Waals surface area contributed by atoms with Crippen molar-refractivity contribution in [3.05, 3.63) is 22.4 Å². The van der Waals surface area contributed by atoms with Crippen LogP contribution in [0.2, 0.25) is 0 Å². The van der Waals surface area contributed by atoms with Gasteiger partial charge in [0.15, 0.2) is 0 Å². The third-order valence-corrected chi connectivity index (χ3v) is 5.62. The molecule has 0 bridgehead atoms. The molecule has 0 fully saturated rings. The minimum atomic E-state index is -3.29. The highest BCUT2D eigenvalue weighted by Crippen LogP contribution is 2.19. The zero-order valence-corrected chi connectivity index (χ0v) is 12.9. The molecular formula is C12H22N2O2S2. The second kappa shape index (κ2) is 6.65. The Morgan fingerprint density at radius 2 is 1.94 bits per heavy atom. The van der Waals surface area contributed by atoms with E-state index >= 15 is 0 Å². The Kier molecular flexibility index (Phi) is 5.78. The predicted octanol–water partition coefficient (Wildman–Crippen LogP) is 2.11. The molecule has 0 radical (unpaired) electrons. The fraction of sp³-hybridized carbons (Fsp3) is 0.667. The monoisotopic (exact) mass is 290 g/mol. The van der Waals surface area contributed by atoms with Gasteiger partial charge in [0.1, 0.15) is 0 Å². The van der Waals surface area contributed by atoms with Gasteiger partial charge in [0.05, 0.1) is 11.3 Å². The van der Waals surface area contributed by atoms with Gasteiger partial charge in [-0.05, 0) is 25.3 Å². The van der Waals surface area contributed by atoms with E-state index in [2.05, 4.69) is 10.0 Å². The molecule has 6 heteroatoms. The Hall–Kier alpha value is -0.430. The van der Waals surface area contributed by atoms with Crippen molar-refractivity contribution in [1.29, 1.82) is 0 Å². The van der Waals surface area contributed by atoms with E-state index in [9.17, 15) is 8.42 Å². The topological polar surface area (TPSA) is 58.2 Å². The van der Waals surface area contributed by atoms with Gasteiger partial charge < -0.3 is 5.32 Å².